The highest BCUT2D eigenvalue weighted by molar-refractivity contribution is 6.30. The van der Waals surface area contributed by atoms with Crippen LogP contribution in [0.25, 0.3) is 0 Å². The summed E-state index contributed by atoms with van der Waals surface area (Å²) >= 11 is 5.85. The molecule has 0 spiro atoms. The summed E-state index contributed by atoms with van der Waals surface area (Å²) in [5, 5.41) is 7.13. The minimum Gasteiger partial charge on any atom is -0.478 e. The van der Waals surface area contributed by atoms with Crippen LogP contribution in [0.1, 0.15) is 44.4 Å². The van der Waals surface area contributed by atoms with Gasteiger partial charge in [-0.15, -0.1) is 10.2 Å². The number of carbonyl (C=O) groups is 1. The lowest BCUT2D eigenvalue weighted by atomic mass is 9.96. The van der Waals surface area contributed by atoms with Crippen LogP contribution in [0.2, 0.25) is 5.02 Å². The van der Waals surface area contributed by atoms with Crippen LogP contribution < -0.4 is 4.74 Å². The Morgan fingerprint density at radius 1 is 1.25 bits per heavy atom. The molecule has 1 fully saturated rings. The van der Waals surface area contributed by atoms with Crippen molar-refractivity contribution in [3.63, 3.8) is 0 Å². The Labute approximate surface area is 164 Å². The largest absolute Gasteiger partial charge is 0.478 e. The number of likely N-dealkylation sites (tertiary alicyclic amines) is 1. The third-order valence-corrected chi connectivity index (χ3v) is 4.69. The van der Waals surface area contributed by atoms with Gasteiger partial charge in [0.05, 0.1) is 5.92 Å². The molecule has 3 rings (SSSR count). The van der Waals surface area contributed by atoms with E-state index in [0.717, 1.165) is 0 Å². The maximum Gasteiger partial charge on any atom is 0.470 e. The monoisotopic (exact) mass is 417 g/mol. The van der Waals surface area contributed by atoms with Gasteiger partial charge >= 0.3 is 12.1 Å². The summed E-state index contributed by atoms with van der Waals surface area (Å²) in [5.41, 5.74) is -1.16. The van der Waals surface area contributed by atoms with Crippen molar-refractivity contribution in [2.45, 2.75) is 44.4 Å². The Kier molecular flexibility index (Phi) is 5.56. The number of alkyl halides is 3. The zero-order chi connectivity index (χ0) is 20.5. The lowest BCUT2D eigenvalue weighted by Gasteiger charge is -2.36. The van der Waals surface area contributed by atoms with Crippen LogP contribution >= 0.6 is 11.6 Å². The number of amides is 1. The predicted octanol–water partition coefficient (Wildman–Crippen LogP) is 4.31. The minimum absolute atomic E-state index is 0.110. The molecule has 2 aromatic rings. The quantitative estimate of drug-likeness (QED) is 0.741. The third kappa shape index (κ3) is 4.57. The number of rotatable bonds is 4. The number of hydrogen-bond donors (Lipinski definition) is 0. The molecule has 0 saturated carbocycles. The molecule has 6 nitrogen and oxygen atoms in total. The van der Waals surface area contributed by atoms with Gasteiger partial charge in [-0.3, -0.25) is 4.79 Å². The molecular weight excluding hydrogens is 399 g/mol. The predicted molar refractivity (Wildman–Crippen MR) is 94.0 cm³/mol. The molecule has 2 heterocycles. The molecule has 1 saturated heterocycles. The molecule has 1 aliphatic rings. The molecule has 28 heavy (non-hydrogen) atoms. The van der Waals surface area contributed by atoms with Crippen molar-refractivity contribution in [3.05, 3.63) is 41.1 Å². The molecule has 1 aromatic carbocycles. The van der Waals surface area contributed by atoms with Gasteiger partial charge in [-0.25, -0.2) is 0 Å². The molecule has 1 amide bonds. The molecule has 1 unspecified atom stereocenters. The van der Waals surface area contributed by atoms with Gasteiger partial charge in [0.15, 0.2) is 5.60 Å². The molecule has 10 heteroatoms. The third-order valence-electron chi connectivity index (χ3n) is 4.44. The van der Waals surface area contributed by atoms with Crippen LogP contribution in [0.15, 0.2) is 28.7 Å². The van der Waals surface area contributed by atoms with Gasteiger partial charge in [0.1, 0.15) is 5.75 Å². The molecule has 0 radical (unpaired) electrons. The van der Waals surface area contributed by atoms with Crippen molar-refractivity contribution in [3.8, 4) is 5.75 Å². The first-order valence-electron chi connectivity index (χ1n) is 8.71. The summed E-state index contributed by atoms with van der Waals surface area (Å²) in [6.45, 7) is 3.94. The Hall–Kier alpha value is -2.29. The normalized spacial score (nSPS) is 18.2. The first kappa shape index (κ1) is 20.4. The zero-order valence-electron chi connectivity index (χ0n) is 15.3. The highest BCUT2D eigenvalue weighted by Gasteiger charge is 2.41. The van der Waals surface area contributed by atoms with Crippen molar-refractivity contribution >= 4 is 17.5 Å². The van der Waals surface area contributed by atoms with Gasteiger partial charge in [-0.1, -0.05) is 11.6 Å². The van der Waals surface area contributed by atoms with Crippen LogP contribution in [0, 0.1) is 0 Å². The Balaban J connectivity index is 1.69. The molecule has 1 atom stereocenters. The van der Waals surface area contributed by atoms with E-state index in [1.165, 1.54) is 0 Å². The number of piperidine rings is 1. The van der Waals surface area contributed by atoms with E-state index in [1.807, 2.05) is 0 Å². The fourth-order valence-corrected chi connectivity index (χ4v) is 3.22. The second-order valence-corrected chi connectivity index (χ2v) is 7.54. The van der Waals surface area contributed by atoms with Gasteiger partial charge in [0, 0.05) is 18.1 Å². The van der Waals surface area contributed by atoms with Gasteiger partial charge in [0.25, 0.3) is 5.91 Å². The van der Waals surface area contributed by atoms with Crippen LogP contribution in [0.3, 0.4) is 0 Å². The van der Waals surface area contributed by atoms with Crippen LogP contribution in [-0.2, 0) is 11.0 Å². The number of hydrogen-bond acceptors (Lipinski definition) is 5. The summed E-state index contributed by atoms with van der Waals surface area (Å²) in [7, 11) is 0. The second-order valence-electron chi connectivity index (χ2n) is 7.10. The fourth-order valence-electron chi connectivity index (χ4n) is 3.10. The maximum absolute atomic E-state index is 13.0. The smallest absolute Gasteiger partial charge is 0.470 e. The van der Waals surface area contributed by atoms with Gasteiger partial charge in [0.2, 0.25) is 5.89 Å². The summed E-state index contributed by atoms with van der Waals surface area (Å²) in [5.74, 6) is -1.73. The Morgan fingerprint density at radius 2 is 1.93 bits per heavy atom. The number of nitrogens with zero attached hydrogens (tertiary/aromatic N) is 3. The minimum atomic E-state index is -4.69. The molecule has 152 valence electrons. The summed E-state index contributed by atoms with van der Waals surface area (Å²) in [6, 6.07) is 6.63. The highest BCUT2D eigenvalue weighted by Crippen LogP contribution is 2.33. The number of halogens is 4. The lowest BCUT2D eigenvalue weighted by molar-refractivity contribution is -0.158. The molecular formula is C18H19ClF3N3O3. The number of ether oxygens (including phenoxy) is 1. The average Bonchev–Trinajstić information content (AvgIpc) is 3.14. The van der Waals surface area contributed by atoms with Gasteiger partial charge in [-0.2, -0.15) is 13.2 Å². The van der Waals surface area contributed by atoms with Crippen LogP contribution in [0.5, 0.6) is 5.75 Å². The molecule has 0 aliphatic carbocycles. The van der Waals surface area contributed by atoms with Crippen molar-refractivity contribution in [2.24, 2.45) is 0 Å². The number of aromatic nitrogens is 2. The SMILES string of the molecule is CC(C)(Oc1ccc(Cl)cc1)C(=O)N1CCCC(c2nnc(C(F)(F)F)o2)C1. The van der Waals surface area contributed by atoms with Gasteiger partial charge in [-0.05, 0) is 51.0 Å². The van der Waals surface area contributed by atoms with E-state index >= 15 is 0 Å². The Bertz CT molecular complexity index is 837. The van der Waals surface area contributed by atoms with Gasteiger partial charge < -0.3 is 14.1 Å². The van der Waals surface area contributed by atoms with Crippen LogP contribution in [-0.4, -0.2) is 39.7 Å². The van der Waals surface area contributed by atoms with Crippen molar-refractivity contribution in [1.82, 2.24) is 15.1 Å². The maximum atomic E-state index is 13.0. The highest BCUT2D eigenvalue weighted by atomic mass is 35.5. The summed E-state index contributed by atoms with van der Waals surface area (Å²) in [4.78, 5) is 14.5. The number of carbonyl (C=O) groups excluding carboxylic acids is 1. The van der Waals surface area contributed by atoms with Crippen molar-refractivity contribution in [1.29, 1.82) is 0 Å². The van der Waals surface area contributed by atoms with E-state index in [0.29, 0.717) is 30.2 Å². The lowest BCUT2D eigenvalue weighted by Crippen LogP contribution is -2.51. The Morgan fingerprint density at radius 3 is 2.54 bits per heavy atom. The van der Waals surface area contributed by atoms with Crippen LogP contribution in [0.4, 0.5) is 13.2 Å². The summed E-state index contributed by atoms with van der Waals surface area (Å²) < 4.78 is 48.6. The average molecular weight is 418 g/mol. The second kappa shape index (κ2) is 7.62. The van der Waals surface area contributed by atoms with E-state index in [9.17, 15) is 18.0 Å². The van der Waals surface area contributed by atoms with E-state index in [2.05, 4.69) is 10.2 Å². The van der Waals surface area contributed by atoms with E-state index in [-0.39, 0.29) is 18.3 Å². The standard InChI is InChI=1S/C18H19ClF3N3O3/c1-17(2,28-13-7-5-12(19)6-8-13)16(26)25-9-3-4-11(10-25)14-23-24-15(27-14)18(20,21)22/h5-8,11H,3-4,9-10H2,1-2H3. The molecule has 1 aromatic heterocycles. The van der Waals surface area contributed by atoms with E-state index < -0.39 is 23.6 Å². The fraction of sp³-hybridized carbons (Fsp3) is 0.500. The molecule has 0 N–H and O–H groups in total. The molecule has 0 bridgehead atoms. The molecule has 1 aliphatic heterocycles. The van der Waals surface area contributed by atoms with E-state index in [4.69, 9.17) is 20.8 Å². The first-order chi connectivity index (χ1) is 13.1. The summed E-state index contributed by atoms with van der Waals surface area (Å²) in [6.07, 6.45) is -3.53. The number of benzene rings is 1. The van der Waals surface area contributed by atoms with Crippen molar-refractivity contribution in [2.75, 3.05) is 13.1 Å². The van der Waals surface area contributed by atoms with Crippen molar-refractivity contribution < 1.29 is 27.1 Å². The van der Waals surface area contributed by atoms with E-state index in [1.54, 1.807) is 43.0 Å². The topological polar surface area (TPSA) is 68.5 Å². The first-order valence-corrected chi connectivity index (χ1v) is 9.08. The zero-order valence-corrected chi connectivity index (χ0v) is 16.0.